The number of ether oxygens (including phenoxy) is 1. The lowest BCUT2D eigenvalue weighted by atomic mass is 10.0. The van der Waals surface area contributed by atoms with E-state index in [-0.39, 0.29) is 11.1 Å². The standard InChI is InChI=1S/C18H14N2O2S/c1-11-3-8-17(23-11)14-9-16(20-18(21)15(14)10-19)12-4-6-13(22-2)7-5-12/h3-9H,1-2H3,(H,20,21). The van der Waals surface area contributed by atoms with Crippen molar-refractivity contribution in [3.8, 4) is 33.5 Å². The molecule has 0 atom stereocenters. The number of rotatable bonds is 3. The van der Waals surface area contributed by atoms with Gasteiger partial charge in [-0.25, -0.2) is 0 Å². The van der Waals surface area contributed by atoms with Gasteiger partial charge in [0.2, 0.25) is 0 Å². The Morgan fingerprint density at radius 1 is 1.17 bits per heavy atom. The Bertz CT molecular complexity index is 946. The lowest BCUT2D eigenvalue weighted by molar-refractivity contribution is 0.415. The van der Waals surface area contributed by atoms with E-state index in [1.165, 1.54) is 0 Å². The molecule has 4 nitrogen and oxygen atoms in total. The quantitative estimate of drug-likeness (QED) is 0.793. The average Bonchev–Trinajstić information content (AvgIpc) is 3.00. The van der Waals surface area contributed by atoms with Crippen molar-refractivity contribution in [1.82, 2.24) is 4.98 Å². The van der Waals surface area contributed by atoms with Crippen molar-refractivity contribution in [2.45, 2.75) is 6.92 Å². The van der Waals surface area contributed by atoms with Crippen LogP contribution in [0.2, 0.25) is 0 Å². The Balaban J connectivity index is 2.18. The highest BCUT2D eigenvalue weighted by atomic mass is 32.1. The summed E-state index contributed by atoms with van der Waals surface area (Å²) in [5.41, 5.74) is 1.98. The van der Waals surface area contributed by atoms with Crippen LogP contribution in [0.1, 0.15) is 10.4 Å². The summed E-state index contributed by atoms with van der Waals surface area (Å²) in [5.74, 6) is 0.749. The van der Waals surface area contributed by atoms with Gasteiger partial charge in [-0.15, -0.1) is 11.3 Å². The van der Waals surface area contributed by atoms with Gasteiger partial charge in [-0.05, 0) is 55.0 Å². The molecule has 0 radical (unpaired) electrons. The van der Waals surface area contributed by atoms with Crippen molar-refractivity contribution in [2.75, 3.05) is 7.11 Å². The summed E-state index contributed by atoms with van der Waals surface area (Å²) in [6.45, 7) is 2.00. The van der Waals surface area contributed by atoms with Crippen LogP contribution in [-0.2, 0) is 0 Å². The van der Waals surface area contributed by atoms with Gasteiger partial charge in [0.05, 0.1) is 7.11 Å². The van der Waals surface area contributed by atoms with Gasteiger partial charge in [-0.2, -0.15) is 5.26 Å². The molecule has 23 heavy (non-hydrogen) atoms. The van der Waals surface area contributed by atoms with E-state index in [1.807, 2.05) is 55.5 Å². The van der Waals surface area contributed by atoms with Gasteiger partial charge in [0.15, 0.2) is 0 Å². The highest BCUT2D eigenvalue weighted by Gasteiger charge is 2.13. The van der Waals surface area contributed by atoms with Crippen LogP contribution in [0, 0.1) is 18.3 Å². The van der Waals surface area contributed by atoms with E-state index in [0.29, 0.717) is 11.3 Å². The summed E-state index contributed by atoms with van der Waals surface area (Å²) in [6.07, 6.45) is 0. The molecule has 3 rings (SSSR count). The molecule has 2 aromatic heterocycles. The predicted molar refractivity (Wildman–Crippen MR) is 91.8 cm³/mol. The molecule has 0 aliphatic heterocycles. The average molecular weight is 322 g/mol. The van der Waals surface area contributed by atoms with Gasteiger partial charge >= 0.3 is 0 Å². The number of aromatic amines is 1. The second kappa shape index (κ2) is 6.11. The molecular weight excluding hydrogens is 308 g/mol. The van der Waals surface area contributed by atoms with Crippen LogP contribution in [0.3, 0.4) is 0 Å². The SMILES string of the molecule is COc1ccc(-c2cc(-c3ccc(C)s3)c(C#N)c(=O)[nH]2)cc1. The van der Waals surface area contributed by atoms with E-state index in [2.05, 4.69) is 4.98 Å². The van der Waals surface area contributed by atoms with E-state index in [0.717, 1.165) is 21.1 Å². The lowest BCUT2D eigenvalue weighted by Crippen LogP contribution is -2.12. The molecule has 0 aliphatic carbocycles. The maximum absolute atomic E-state index is 12.3. The first-order chi connectivity index (χ1) is 11.1. The summed E-state index contributed by atoms with van der Waals surface area (Å²) in [4.78, 5) is 17.1. The van der Waals surface area contributed by atoms with Crippen LogP contribution in [0.4, 0.5) is 0 Å². The third-order valence-corrected chi connectivity index (χ3v) is 4.59. The molecule has 0 spiro atoms. The van der Waals surface area contributed by atoms with E-state index < -0.39 is 0 Å². The van der Waals surface area contributed by atoms with Crippen molar-refractivity contribution in [2.24, 2.45) is 0 Å². The number of hydrogen-bond acceptors (Lipinski definition) is 4. The highest BCUT2D eigenvalue weighted by molar-refractivity contribution is 7.15. The smallest absolute Gasteiger partial charge is 0.267 e. The number of nitrogens with one attached hydrogen (secondary N) is 1. The molecule has 3 aromatic rings. The normalized spacial score (nSPS) is 10.3. The van der Waals surface area contributed by atoms with Crippen molar-refractivity contribution >= 4 is 11.3 Å². The number of thiophene rings is 1. The minimum absolute atomic E-state index is 0.143. The van der Waals surface area contributed by atoms with E-state index in [9.17, 15) is 10.1 Å². The van der Waals surface area contributed by atoms with E-state index in [1.54, 1.807) is 18.4 Å². The molecule has 1 N–H and O–H groups in total. The van der Waals surface area contributed by atoms with Gasteiger partial charge in [-0.3, -0.25) is 4.79 Å². The number of aromatic nitrogens is 1. The monoisotopic (exact) mass is 322 g/mol. The summed E-state index contributed by atoms with van der Waals surface area (Å²) >= 11 is 1.57. The van der Waals surface area contributed by atoms with Crippen molar-refractivity contribution in [3.05, 3.63) is 63.3 Å². The number of hydrogen-bond donors (Lipinski definition) is 1. The van der Waals surface area contributed by atoms with Crippen LogP contribution in [-0.4, -0.2) is 12.1 Å². The minimum Gasteiger partial charge on any atom is -0.497 e. The third kappa shape index (κ3) is 2.89. The van der Waals surface area contributed by atoms with Gasteiger partial charge in [-0.1, -0.05) is 0 Å². The van der Waals surface area contributed by atoms with Gasteiger partial charge in [0, 0.05) is 21.0 Å². The number of benzene rings is 1. The molecule has 1 aromatic carbocycles. The van der Waals surface area contributed by atoms with E-state index in [4.69, 9.17) is 4.74 Å². The Morgan fingerprint density at radius 2 is 1.91 bits per heavy atom. The lowest BCUT2D eigenvalue weighted by Gasteiger charge is -2.07. The minimum atomic E-state index is -0.373. The molecule has 0 saturated heterocycles. The van der Waals surface area contributed by atoms with Crippen molar-refractivity contribution in [1.29, 1.82) is 5.26 Å². The first kappa shape index (κ1) is 15.1. The maximum Gasteiger partial charge on any atom is 0.267 e. The Kier molecular flexibility index (Phi) is 4.00. The number of nitrogens with zero attached hydrogens (tertiary/aromatic N) is 1. The number of aryl methyl sites for hydroxylation is 1. The summed E-state index contributed by atoms with van der Waals surface area (Å²) in [6, 6.07) is 15.2. The fraction of sp³-hybridized carbons (Fsp3) is 0.111. The fourth-order valence-corrected chi connectivity index (χ4v) is 3.26. The molecule has 5 heteroatoms. The molecule has 0 aliphatic rings. The molecule has 0 saturated carbocycles. The van der Waals surface area contributed by atoms with Gasteiger partial charge < -0.3 is 9.72 Å². The molecule has 2 heterocycles. The first-order valence-corrected chi connectivity index (χ1v) is 7.82. The fourth-order valence-electron chi connectivity index (χ4n) is 2.37. The second-order valence-electron chi connectivity index (χ2n) is 5.05. The largest absolute Gasteiger partial charge is 0.497 e. The van der Waals surface area contributed by atoms with Crippen LogP contribution in [0.25, 0.3) is 21.7 Å². The Morgan fingerprint density at radius 3 is 2.48 bits per heavy atom. The topological polar surface area (TPSA) is 65.9 Å². The Hall–Kier alpha value is -2.84. The molecule has 0 fully saturated rings. The molecule has 0 amide bonds. The second-order valence-corrected chi connectivity index (χ2v) is 6.34. The zero-order chi connectivity index (χ0) is 16.4. The molecule has 114 valence electrons. The summed E-state index contributed by atoms with van der Waals surface area (Å²) < 4.78 is 5.15. The van der Waals surface area contributed by atoms with E-state index >= 15 is 0 Å². The van der Waals surface area contributed by atoms with Gasteiger partial charge in [0.1, 0.15) is 17.4 Å². The van der Waals surface area contributed by atoms with Crippen LogP contribution in [0.5, 0.6) is 5.75 Å². The number of methoxy groups -OCH3 is 1. The molecular formula is C18H14N2O2S. The van der Waals surface area contributed by atoms with Gasteiger partial charge in [0.25, 0.3) is 5.56 Å². The summed E-state index contributed by atoms with van der Waals surface area (Å²) in [5, 5.41) is 9.32. The van der Waals surface area contributed by atoms with Crippen LogP contribution in [0.15, 0.2) is 47.3 Å². The third-order valence-electron chi connectivity index (χ3n) is 3.55. The number of pyridine rings is 1. The highest BCUT2D eigenvalue weighted by Crippen LogP contribution is 2.31. The van der Waals surface area contributed by atoms with Crippen LogP contribution < -0.4 is 10.3 Å². The zero-order valence-corrected chi connectivity index (χ0v) is 13.5. The van der Waals surface area contributed by atoms with Crippen molar-refractivity contribution < 1.29 is 4.74 Å². The number of H-pyrrole nitrogens is 1. The van der Waals surface area contributed by atoms with Crippen LogP contribution >= 0.6 is 11.3 Å². The summed E-state index contributed by atoms with van der Waals surface area (Å²) in [7, 11) is 1.61. The zero-order valence-electron chi connectivity index (χ0n) is 12.7. The van der Waals surface area contributed by atoms with Crippen molar-refractivity contribution in [3.63, 3.8) is 0 Å². The Labute approximate surface area is 137 Å². The first-order valence-electron chi connectivity index (χ1n) is 7.01. The number of nitriles is 1. The molecule has 0 unspecified atom stereocenters. The predicted octanol–water partition coefficient (Wildman–Crippen LogP) is 3.96. The molecule has 0 bridgehead atoms. The maximum atomic E-state index is 12.3.